The van der Waals surface area contributed by atoms with Crippen molar-refractivity contribution >= 4 is 0 Å². The van der Waals surface area contributed by atoms with E-state index in [1.807, 2.05) is 27.7 Å². The number of hydrogen-bond donors (Lipinski definition) is 1. The molecule has 0 saturated heterocycles. The second kappa shape index (κ2) is 5.63. The molecule has 0 unspecified atom stereocenters. The first-order valence-electron chi connectivity index (χ1n) is 7.57. The van der Waals surface area contributed by atoms with Crippen LogP contribution in [0.2, 0.25) is 0 Å². The molecule has 1 nitrogen and oxygen atoms in total. The van der Waals surface area contributed by atoms with Crippen LogP contribution in [0.1, 0.15) is 44.5 Å². The van der Waals surface area contributed by atoms with Crippen LogP contribution in [0.3, 0.4) is 0 Å². The normalized spacial score (nSPS) is 11.4. The van der Waals surface area contributed by atoms with E-state index in [4.69, 9.17) is 6.42 Å². The van der Waals surface area contributed by atoms with Crippen molar-refractivity contribution < 1.29 is 5.11 Å². The summed E-state index contributed by atoms with van der Waals surface area (Å²) in [5.74, 6) is 2.67. The van der Waals surface area contributed by atoms with Gasteiger partial charge in [0.25, 0.3) is 0 Å². The summed E-state index contributed by atoms with van der Waals surface area (Å²) in [7, 11) is 0. The van der Waals surface area contributed by atoms with Gasteiger partial charge in [-0.25, -0.2) is 0 Å². The Bertz CT molecular complexity index is 671. The summed E-state index contributed by atoms with van der Waals surface area (Å²) in [6.07, 6.45) is 5.82. The maximum Gasteiger partial charge on any atom is 0.177 e. The smallest absolute Gasteiger partial charge is 0.177 e. The van der Waals surface area contributed by atoms with E-state index in [-0.39, 0.29) is 0 Å². The van der Waals surface area contributed by atoms with E-state index in [9.17, 15) is 5.11 Å². The average molecular weight is 292 g/mol. The monoisotopic (exact) mass is 292 g/mol. The molecule has 0 aliphatic carbocycles. The second-order valence-electron chi connectivity index (χ2n) is 6.40. The molecule has 0 atom stereocenters. The molecule has 0 fully saturated rings. The molecular formula is C21H24O. The summed E-state index contributed by atoms with van der Waals surface area (Å²) >= 11 is 0. The highest BCUT2D eigenvalue weighted by Gasteiger charge is 2.35. The van der Waals surface area contributed by atoms with Crippen LogP contribution in [0.25, 0.3) is 0 Å². The van der Waals surface area contributed by atoms with E-state index < -0.39 is 5.60 Å². The summed E-state index contributed by atoms with van der Waals surface area (Å²) in [6, 6.07) is 8.29. The molecule has 0 heterocycles. The molecule has 1 heteroatoms. The SMILES string of the molecule is C#CC(O)(c1c(C)cc(C)cc1C)c1c(C)cc(C)cc1C. The topological polar surface area (TPSA) is 20.2 Å². The first-order chi connectivity index (χ1) is 10.2. The van der Waals surface area contributed by atoms with Gasteiger partial charge in [-0.05, 0) is 63.8 Å². The highest BCUT2D eigenvalue weighted by atomic mass is 16.3. The lowest BCUT2D eigenvalue weighted by atomic mass is 9.77. The summed E-state index contributed by atoms with van der Waals surface area (Å²) in [5, 5.41) is 11.4. The van der Waals surface area contributed by atoms with Crippen molar-refractivity contribution in [2.24, 2.45) is 0 Å². The van der Waals surface area contributed by atoms with Crippen LogP contribution < -0.4 is 0 Å². The Morgan fingerprint density at radius 2 is 1.00 bits per heavy atom. The molecule has 0 saturated carbocycles. The minimum absolute atomic E-state index is 0.829. The predicted octanol–water partition coefficient (Wildman–Crippen LogP) is 4.41. The molecule has 0 spiro atoms. The zero-order valence-corrected chi connectivity index (χ0v) is 14.3. The van der Waals surface area contributed by atoms with E-state index >= 15 is 0 Å². The van der Waals surface area contributed by atoms with Gasteiger partial charge in [0.15, 0.2) is 5.60 Å². The lowest BCUT2D eigenvalue weighted by Gasteiger charge is -2.30. The van der Waals surface area contributed by atoms with Crippen molar-refractivity contribution in [2.45, 2.75) is 47.1 Å². The summed E-state index contributed by atoms with van der Waals surface area (Å²) in [5.41, 5.74) is 6.71. The average Bonchev–Trinajstić information content (AvgIpc) is 2.35. The summed E-state index contributed by atoms with van der Waals surface area (Å²) in [4.78, 5) is 0. The number of aliphatic hydroxyl groups is 1. The Hall–Kier alpha value is -2.04. The molecule has 1 N–H and O–H groups in total. The van der Waals surface area contributed by atoms with Gasteiger partial charge >= 0.3 is 0 Å². The third kappa shape index (κ3) is 2.56. The third-order valence-corrected chi connectivity index (χ3v) is 4.29. The third-order valence-electron chi connectivity index (χ3n) is 4.29. The van der Waals surface area contributed by atoms with Gasteiger partial charge in [0, 0.05) is 11.1 Å². The molecule has 114 valence electrons. The molecule has 22 heavy (non-hydrogen) atoms. The summed E-state index contributed by atoms with van der Waals surface area (Å²) < 4.78 is 0. The zero-order chi connectivity index (χ0) is 16.7. The maximum absolute atomic E-state index is 11.4. The number of hydrogen-bond acceptors (Lipinski definition) is 1. The van der Waals surface area contributed by atoms with Crippen molar-refractivity contribution in [1.29, 1.82) is 0 Å². The van der Waals surface area contributed by atoms with Crippen molar-refractivity contribution in [1.82, 2.24) is 0 Å². The number of benzene rings is 2. The van der Waals surface area contributed by atoms with Gasteiger partial charge in [0.1, 0.15) is 0 Å². The van der Waals surface area contributed by atoms with Crippen LogP contribution in [-0.4, -0.2) is 5.11 Å². The highest BCUT2D eigenvalue weighted by molar-refractivity contribution is 5.56. The van der Waals surface area contributed by atoms with Crippen LogP contribution in [0.15, 0.2) is 24.3 Å². The molecule has 0 radical (unpaired) electrons. The molecule has 0 aliphatic rings. The fraction of sp³-hybridized carbons (Fsp3) is 0.333. The minimum Gasteiger partial charge on any atom is -0.369 e. The number of rotatable bonds is 2. The van der Waals surface area contributed by atoms with Crippen LogP contribution in [-0.2, 0) is 5.60 Å². The predicted molar refractivity (Wildman–Crippen MR) is 93.1 cm³/mol. The lowest BCUT2D eigenvalue weighted by Crippen LogP contribution is -2.29. The van der Waals surface area contributed by atoms with Crippen molar-refractivity contribution in [2.75, 3.05) is 0 Å². The van der Waals surface area contributed by atoms with E-state index in [1.165, 1.54) is 11.1 Å². The van der Waals surface area contributed by atoms with Gasteiger partial charge < -0.3 is 5.11 Å². The quantitative estimate of drug-likeness (QED) is 0.813. The molecule has 2 aromatic carbocycles. The van der Waals surface area contributed by atoms with Gasteiger partial charge in [-0.2, -0.15) is 0 Å². The van der Waals surface area contributed by atoms with Crippen LogP contribution in [0.4, 0.5) is 0 Å². The molecule has 0 aromatic heterocycles. The van der Waals surface area contributed by atoms with Gasteiger partial charge in [-0.1, -0.05) is 41.3 Å². The minimum atomic E-state index is -1.40. The fourth-order valence-electron chi connectivity index (χ4n) is 3.77. The Morgan fingerprint density at radius 3 is 1.23 bits per heavy atom. The molecule has 2 rings (SSSR count). The Labute approximate surface area is 134 Å². The summed E-state index contributed by atoms with van der Waals surface area (Å²) in [6.45, 7) is 12.2. The van der Waals surface area contributed by atoms with Gasteiger partial charge in [0.05, 0.1) is 0 Å². The molecule has 2 aromatic rings. The fourth-order valence-corrected chi connectivity index (χ4v) is 3.77. The molecule has 0 bridgehead atoms. The van der Waals surface area contributed by atoms with Gasteiger partial charge in [-0.3, -0.25) is 0 Å². The van der Waals surface area contributed by atoms with Crippen LogP contribution in [0.5, 0.6) is 0 Å². The largest absolute Gasteiger partial charge is 0.369 e. The molecule has 0 amide bonds. The molecular weight excluding hydrogens is 268 g/mol. The van der Waals surface area contributed by atoms with Crippen LogP contribution in [0, 0.1) is 53.9 Å². The first-order valence-corrected chi connectivity index (χ1v) is 7.57. The Balaban J connectivity index is 2.84. The van der Waals surface area contributed by atoms with Gasteiger partial charge in [-0.15, -0.1) is 6.42 Å². The number of aryl methyl sites for hydroxylation is 6. The van der Waals surface area contributed by atoms with Crippen molar-refractivity contribution in [3.05, 3.63) is 68.8 Å². The van der Waals surface area contributed by atoms with Crippen LogP contribution >= 0.6 is 0 Å². The second-order valence-corrected chi connectivity index (χ2v) is 6.40. The maximum atomic E-state index is 11.4. The lowest BCUT2D eigenvalue weighted by molar-refractivity contribution is 0.142. The van der Waals surface area contributed by atoms with Crippen molar-refractivity contribution in [3.63, 3.8) is 0 Å². The Morgan fingerprint density at radius 1 is 0.727 bits per heavy atom. The van der Waals surface area contributed by atoms with Gasteiger partial charge in [0.2, 0.25) is 0 Å². The Kier molecular flexibility index (Phi) is 4.18. The van der Waals surface area contributed by atoms with E-state index in [0.29, 0.717) is 0 Å². The first kappa shape index (κ1) is 16.3. The van der Waals surface area contributed by atoms with E-state index in [1.54, 1.807) is 0 Å². The zero-order valence-electron chi connectivity index (χ0n) is 14.3. The van der Waals surface area contributed by atoms with E-state index in [0.717, 1.165) is 33.4 Å². The highest BCUT2D eigenvalue weighted by Crippen LogP contribution is 2.38. The number of terminal acetylenes is 1. The molecule has 0 aliphatic heterocycles. The van der Waals surface area contributed by atoms with E-state index in [2.05, 4.69) is 44.0 Å². The van der Waals surface area contributed by atoms with Crippen molar-refractivity contribution in [3.8, 4) is 12.3 Å². The standard InChI is InChI=1S/C21H24O/c1-8-21(22,19-15(4)9-13(2)10-16(19)5)20-17(6)11-14(3)12-18(20)7/h1,9-12,22H,2-7H3.